The van der Waals surface area contributed by atoms with Gasteiger partial charge in [-0.1, -0.05) is 33.3 Å². The van der Waals surface area contributed by atoms with Gasteiger partial charge in [-0.15, -0.1) is 0 Å². The van der Waals surface area contributed by atoms with E-state index in [0.717, 1.165) is 5.57 Å². The molecule has 188 valence electrons. The van der Waals surface area contributed by atoms with Crippen molar-refractivity contribution in [3.63, 3.8) is 0 Å². The van der Waals surface area contributed by atoms with Crippen LogP contribution < -0.4 is 0 Å². The van der Waals surface area contributed by atoms with E-state index in [2.05, 4.69) is 0 Å². The van der Waals surface area contributed by atoms with Gasteiger partial charge in [0.25, 0.3) is 0 Å². The number of allylic oxidation sites excluding steroid dienone is 1. The Kier molecular flexibility index (Phi) is 5.17. The van der Waals surface area contributed by atoms with Crippen molar-refractivity contribution in [3.8, 4) is 0 Å². The first-order valence-electron chi connectivity index (χ1n) is 12.2. The summed E-state index contributed by atoms with van der Waals surface area (Å²) in [5.41, 5.74) is -1.51. The lowest BCUT2D eigenvalue weighted by Gasteiger charge is -2.68. The molecule has 2 saturated carbocycles. The second kappa shape index (κ2) is 7.35. The molecule has 3 N–H and O–H groups in total. The molecule has 2 saturated heterocycles. The van der Waals surface area contributed by atoms with E-state index in [1.807, 2.05) is 6.92 Å². The van der Waals surface area contributed by atoms with Gasteiger partial charge in [-0.3, -0.25) is 9.59 Å². The average Bonchev–Trinajstić information content (AvgIpc) is 3.08. The second-order valence-electron chi connectivity index (χ2n) is 11.4. The molecule has 4 fully saturated rings. The molecule has 0 aromatic heterocycles. The smallest absolute Gasteiger partial charge is 0.348 e. The summed E-state index contributed by atoms with van der Waals surface area (Å²) in [6.07, 6.45) is -2.58. The zero-order chi connectivity index (χ0) is 25.0. The molecule has 9 nitrogen and oxygen atoms in total. The minimum absolute atomic E-state index is 0.0540. The average molecular weight is 479 g/mol. The third-order valence-electron chi connectivity index (χ3n) is 9.89. The van der Waals surface area contributed by atoms with Crippen molar-refractivity contribution in [2.75, 3.05) is 6.61 Å². The fraction of sp³-hybridized carbons (Fsp3) is 0.800. The molecule has 34 heavy (non-hydrogen) atoms. The number of hydrogen-bond acceptors (Lipinski definition) is 9. The van der Waals surface area contributed by atoms with Crippen LogP contribution >= 0.6 is 0 Å². The number of carbonyl (C=O) groups is 3. The lowest BCUT2D eigenvalue weighted by atomic mass is 9.38. The lowest BCUT2D eigenvalue weighted by Crippen LogP contribution is -2.78. The van der Waals surface area contributed by atoms with Gasteiger partial charge in [0, 0.05) is 22.7 Å². The van der Waals surface area contributed by atoms with Crippen LogP contribution in [0.4, 0.5) is 0 Å². The van der Waals surface area contributed by atoms with Crippen LogP contribution in [0, 0.1) is 40.4 Å². The predicted molar refractivity (Wildman–Crippen MR) is 116 cm³/mol. The minimum Gasteiger partial charge on any atom is -0.459 e. The molecule has 0 aromatic carbocycles. The van der Waals surface area contributed by atoms with Crippen LogP contribution in [0.3, 0.4) is 0 Å². The molecule has 5 rings (SSSR count). The molecule has 3 aliphatic carbocycles. The Labute approximate surface area is 198 Å². The summed E-state index contributed by atoms with van der Waals surface area (Å²) in [5.74, 6) is -6.89. The molecular formula is C25H34O9. The van der Waals surface area contributed by atoms with Crippen LogP contribution in [0.5, 0.6) is 0 Å². The summed E-state index contributed by atoms with van der Waals surface area (Å²) in [5, 5.41) is 34.3. The SMILES string of the molecule is CCC(C)C(=O)O[C@H]1C(=O)O[C@@H]2C[C@H]3C(C)=CC(=O)[C@@H](O)C3(C)C3C24CO[C@]3(O)C(O)[C@H](C)[C@H]14. The third-order valence-corrected chi connectivity index (χ3v) is 9.89. The highest BCUT2D eigenvalue weighted by molar-refractivity contribution is 5.96. The Morgan fingerprint density at radius 3 is 2.65 bits per heavy atom. The summed E-state index contributed by atoms with van der Waals surface area (Å²) in [6, 6.07) is 0. The normalized spacial score (nSPS) is 52.2. The maximum absolute atomic E-state index is 13.2. The monoisotopic (exact) mass is 478 g/mol. The fourth-order valence-corrected chi connectivity index (χ4v) is 8.14. The predicted octanol–water partition coefficient (Wildman–Crippen LogP) is 0.734. The van der Waals surface area contributed by atoms with Crippen LogP contribution in [0.25, 0.3) is 0 Å². The molecule has 1 spiro atoms. The molecule has 2 heterocycles. The number of rotatable bonds is 3. The molecule has 5 unspecified atom stereocenters. The van der Waals surface area contributed by atoms with Crippen LogP contribution in [0.2, 0.25) is 0 Å². The topological polar surface area (TPSA) is 140 Å². The quantitative estimate of drug-likeness (QED) is 0.501. The van der Waals surface area contributed by atoms with Crippen LogP contribution in [0.15, 0.2) is 11.6 Å². The highest BCUT2D eigenvalue weighted by atomic mass is 16.7. The Bertz CT molecular complexity index is 975. The Morgan fingerprint density at radius 1 is 1.32 bits per heavy atom. The van der Waals surface area contributed by atoms with Crippen molar-refractivity contribution in [3.05, 3.63) is 11.6 Å². The van der Waals surface area contributed by atoms with Gasteiger partial charge in [0.2, 0.25) is 6.10 Å². The molecule has 2 bridgehead atoms. The van der Waals surface area contributed by atoms with E-state index in [9.17, 15) is 29.7 Å². The number of aliphatic hydroxyl groups excluding tert-OH is 2. The number of hydrogen-bond donors (Lipinski definition) is 3. The van der Waals surface area contributed by atoms with Crippen molar-refractivity contribution < 1.29 is 43.9 Å². The van der Waals surface area contributed by atoms with Crippen LogP contribution in [-0.2, 0) is 28.6 Å². The van der Waals surface area contributed by atoms with E-state index in [1.165, 1.54) is 6.08 Å². The van der Waals surface area contributed by atoms with Gasteiger partial charge in [-0.05, 0) is 37.7 Å². The summed E-state index contributed by atoms with van der Waals surface area (Å²) >= 11 is 0. The van der Waals surface area contributed by atoms with Gasteiger partial charge in [-0.25, -0.2) is 4.79 Å². The van der Waals surface area contributed by atoms with Gasteiger partial charge in [-0.2, -0.15) is 0 Å². The zero-order valence-electron chi connectivity index (χ0n) is 20.2. The Hall–Kier alpha value is -1.81. The minimum atomic E-state index is -2.06. The highest BCUT2D eigenvalue weighted by Crippen LogP contribution is 2.73. The first kappa shape index (κ1) is 23.9. The van der Waals surface area contributed by atoms with Crippen molar-refractivity contribution in [1.29, 1.82) is 0 Å². The van der Waals surface area contributed by atoms with Gasteiger partial charge < -0.3 is 29.5 Å². The van der Waals surface area contributed by atoms with Crippen molar-refractivity contribution >= 4 is 17.7 Å². The third kappa shape index (κ3) is 2.61. The van der Waals surface area contributed by atoms with Gasteiger partial charge in [0.05, 0.1) is 12.5 Å². The zero-order valence-corrected chi connectivity index (χ0v) is 20.2. The van der Waals surface area contributed by atoms with E-state index in [4.69, 9.17) is 14.2 Å². The molecule has 9 heteroatoms. The van der Waals surface area contributed by atoms with Gasteiger partial charge >= 0.3 is 11.9 Å². The summed E-state index contributed by atoms with van der Waals surface area (Å²) < 4.78 is 17.6. The maximum Gasteiger partial charge on any atom is 0.348 e. The summed E-state index contributed by atoms with van der Waals surface area (Å²) in [4.78, 5) is 38.7. The first-order valence-corrected chi connectivity index (χ1v) is 12.2. The van der Waals surface area contributed by atoms with Crippen molar-refractivity contribution in [2.45, 2.75) is 77.7 Å². The fourth-order valence-electron chi connectivity index (χ4n) is 8.14. The van der Waals surface area contributed by atoms with E-state index in [0.29, 0.717) is 12.8 Å². The molecule has 12 atom stereocenters. The Balaban J connectivity index is 1.69. The standard InChI is InChI=1S/C25H34O9/c1-6-10(2)20(29)34-17-16-12(4)18(27)25(31)22-23(5)13(11(3)7-14(26)19(23)28)8-15(33-21(17)30)24(16,22)9-32-25/h7,10,12-13,15-19,22,27-28,31H,6,8-9H2,1-5H3/t10?,12-,13+,15-,16-,17-,18?,19-,22?,23?,24?,25-/m1/s1. The van der Waals surface area contributed by atoms with Gasteiger partial charge in [0.1, 0.15) is 18.3 Å². The molecular weight excluding hydrogens is 444 g/mol. The van der Waals surface area contributed by atoms with E-state index < -0.39 is 82.4 Å². The molecule has 0 radical (unpaired) electrons. The molecule has 0 aromatic rings. The number of carbonyl (C=O) groups excluding carboxylic acids is 3. The number of esters is 2. The highest BCUT2D eigenvalue weighted by Gasteiger charge is 2.83. The van der Waals surface area contributed by atoms with E-state index in [-0.39, 0.29) is 12.5 Å². The number of ketones is 1. The summed E-state index contributed by atoms with van der Waals surface area (Å²) in [7, 11) is 0. The first-order chi connectivity index (χ1) is 15.8. The second-order valence-corrected chi connectivity index (χ2v) is 11.4. The summed E-state index contributed by atoms with van der Waals surface area (Å²) in [6.45, 7) is 8.74. The number of aliphatic hydroxyl groups is 3. The maximum atomic E-state index is 13.2. The lowest BCUT2D eigenvalue weighted by molar-refractivity contribution is -0.340. The van der Waals surface area contributed by atoms with Gasteiger partial charge in [0.15, 0.2) is 11.6 Å². The molecule has 2 aliphatic heterocycles. The molecule has 5 aliphatic rings. The van der Waals surface area contributed by atoms with E-state index >= 15 is 0 Å². The number of fused-ring (bicyclic) bond motifs is 1. The van der Waals surface area contributed by atoms with Crippen LogP contribution in [0.1, 0.15) is 47.5 Å². The van der Waals surface area contributed by atoms with Crippen LogP contribution in [-0.4, -0.2) is 69.9 Å². The van der Waals surface area contributed by atoms with Crippen molar-refractivity contribution in [1.82, 2.24) is 0 Å². The van der Waals surface area contributed by atoms with Crippen molar-refractivity contribution in [2.24, 2.45) is 40.4 Å². The Morgan fingerprint density at radius 2 is 2.00 bits per heavy atom. The largest absolute Gasteiger partial charge is 0.459 e. The van der Waals surface area contributed by atoms with E-state index in [1.54, 1.807) is 27.7 Å². The molecule has 0 amide bonds. The number of ether oxygens (including phenoxy) is 3.